The van der Waals surface area contributed by atoms with Crippen LogP contribution < -0.4 is 14.8 Å². The molecule has 0 saturated carbocycles. The van der Waals surface area contributed by atoms with Gasteiger partial charge in [-0.15, -0.1) is 0 Å². The van der Waals surface area contributed by atoms with Crippen LogP contribution in [0.4, 0.5) is 10.5 Å². The molecule has 3 heterocycles. The Hall–Kier alpha value is -2.48. The first-order valence-electron chi connectivity index (χ1n) is 10.1. The quantitative estimate of drug-likeness (QED) is 0.833. The number of hydrogen-bond acceptors (Lipinski definition) is 5. The molecule has 0 radical (unpaired) electrons. The van der Waals surface area contributed by atoms with E-state index in [1.54, 1.807) is 23.1 Å². The molecule has 3 aliphatic heterocycles. The molecule has 1 atom stereocenters. The van der Waals surface area contributed by atoms with Gasteiger partial charge in [0.05, 0.1) is 0 Å². The number of hydrogen-bond donors (Lipinski definition) is 1. The summed E-state index contributed by atoms with van der Waals surface area (Å²) in [5.41, 5.74) is 0.642. The number of carbonyl (C=O) groups excluding carboxylic acids is 2. The molecule has 152 valence electrons. The zero-order valence-corrected chi connectivity index (χ0v) is 16.4. The van der Waals surface area contributed by atoms with Crippen molar-refractivity contribution in [2.75, 3.05) is 58.3 Å². The van der Waals surface area contributed by atoms with E-state index < -0.39 is 0 Å². The Balaban J connectivity index is 1.41. The highest BCUT2D eigenvalue weighted by Gasteiger charge is 2.37. The molecule has 28 heavy (non-hydrogen) atoms. The van der Waals surface area contributed by atoms with Crippen molar-refractivity contribution in [3.8, 4) is 11.5 Å². The second kappa shape index (κ2) is 8.26. The number of carbonyl (C=O) groups is 2. The van der Waals surface area contributed by atoms with Gasteiger partial charge in [-0.1, -0.05) is 0 Å². The number of likely N-dealkylation sites (tertiary alicyclic amines) is 1. The fourth-order valence-corrected chi connectivity index (χ4v) is 4.06. The second-order valence-electron chi connectivity index (χ2n) is 7.62. The van der Waals surface area contributed by atoms with E-state index in [4.69, 9.17) is 9.47 Å². The highest BCUT2D eigenvalue weighted by Crippen LogP contribution is 2.33. The summed E-state index contributed by atoms with van der Waals surface area (Å²) in [6.07, 6.45) is 2.54. The Morgan fingerprint density at radius 1 is 1.00 bits per heavy atom. The summed E-state index contributed by atoms with van der Waals surface area (Å²) < 4.78 is 11.1. The summed E-state index contributed by atoms with van der Waals surface area (Å²) in [6, 6.07) is 4.75. The van der Waals surface area contributed by atoms with Crippen molar-refractivity contribution in [2.45, 2.75) is 25.3 Å². The number of anilines is 1. The van der Waals surface area contributed by atoms with E-state index >= 15 is 0 Å². The van der Waals surface area contributed by atoms with Gasteiger partial charge < -0.3 is 29.5 Å². The number of rotatable bonds is 2. The first-order chi connectivity index (χ1) is 13.6. The van der Waals surface area contributed by atoms with Gasteiger partial charge in [0.1, 0.15) is 19.3 Å². The third kappa shape index (κ3) is 4.01. The predicted molar refractivity (Wildman–Crippen MR) is 105 cm³/mol. The van der Waals surface area contributed by atoms with Gasteiger partial charge in [0.2, 0.25) is 5.91 Å². The van der Waals surface area contributed by atoms with Crippen LogP contribution in [0.3, 0.4) is 0 Å². The Kier molecular flexibility index (Phi) is 5.57. The summed E-state index contributed by atoms with van der Waals surface area (Å²) in [5, 5.41) is 2.91. The first-order valence-corrected chi connectivity index (χ1v) is 10.1. The van der Waals surface area contributed by atoms with Gasteiger partial charge in [0.25, 0.3) is 0 Å². The molecule has 2 saturated heterocycles. The van der Waals surface area contributed by atoms with Crippen LogP contribution in [0.5, 0.6) is 11.5 Å². The monoisotopic (exact) mass is 388 g/mol. The Labute approximate surface area is 165 Å². The van der Waals surface area contributed by atoms with Crippen LogP contribution in [0.15, 0.2) is 18.2 Å². The molecular weight excluding hydrogens is 360 g/mol. The molecule has 0 bridgehead atoms. The molecule has 4 rings (SSSR count). The minimum absolute atomic E-state index is 0.0742. The van der Waals surface area contributed by atoms with Crippen molar-refractivity contribution in [2.24, 2.45) is 0 Å². The average Bonchev–Trinajstić information content (AvgIpc) is 3.10. The van der Waals surface area contributed by atoms with Crippen molar-refractivity contribution < 1.29 is 19.1 Å². The topological polar surface area (TPSA) is 74.4 Å². The number of ether oxygens (including phenoxy) is 2. The van der Waals surface area contributed by atoms with Crippen molar-refractivity contribution >= 4 is 17.6 Å². The average molecular weight is 388 g/mol. The molecule has 1 N–H and O–H groups in total. The highest BCUT2D eigenvalue weighted by atomic mass is 16.6. The molecule has 0 aliphatic carbocycles. The van der Waals surface area contributed by atoms with Crippen LogP contribution in [0.25, 0.3) is 0 Å². The maximum absolute atomic E-state index is 13.1. The van der Waals surface area contributed by atoms with Gasteiger partial charge >= 0.3 is 6.03 Å². The van der Waals surface area contributed by atoms with Gasteiger partial charge in [-0.05, 0) is 45.0 Å². The molecule has 8 heteroatoms. The lowest BCUT2D eigenvalue weighted by Crippen LogP contribution is -2.49. The predicted octanol–water partition coefficient (Wildman–Crippen LogP) is 1.62. The highest BCUT2D eigenvalue weighted by molar-refractivity contribution is 5.94. The first kappa shape index (κ1) is 18.9. The summed E-state index contributed by atoms with van der Waals surface area (Å²) in [6.45, 7) is 4.99. The summed E-state index contributed by atoms with van der Waals surface area (Å²) in [5.74, 6) is 1.39. The van der Waals surface area contributed by atoms with Gasteiger partial charge in [-0.2, -0.15) is 0 Å². The van der Waals surface area contributed by atoms with E-state index in [2.05, 4.69) is 17.3 Å². The summed E-state index contributed by atoms with van der Waals surface area (Å²) in [4.78, 5) is 31.8. The maximum Gasteiger partial charge on any atom is 0.322 e. The maximum atomic E-state index is 13.1. The van der Waals surface area contributed by atoms with Crippen LogP contribution in [-0.4, -0.2) is 85.7 Å². The molecule has 1 aromatic rings. The molecule has 2 fully saturated rings. The zero-order chi connectivity index (χ0) is 19.5. The zero-order valence-electron chi connectivity index (χ0n) is 16.4. The van der Waals surface area contributed by atoms with Crippen LogP contribution >= 0.6 is 0 Å². The Morgan fingerprint density at radius 2 is 1.82 bits per heavy atom. The number of urea groups is 1. The van der Waals surface area contributed by atoms with Gasteiger partial charge in [-0.25, -0.2) is 4.79 Å². The number of benzene rings is 1. The second-order valence-corrected chi connectivity index (χ2v) is 7.62. The van der Waals surface area contributed by atoms with Crippen LogP contribution in [0, 0.1) is 0 Å². The van der Waals surface area contributed by atoms with Crippen molar-refractivity contribution in [3.63, 3.8) is 0 Å². The third-order valence-corrected chi connectivity index (χ3v) is 5.62. The number of amides is 3. The van der Waals surface area contributed by atoms with Crippen molar-refractivity contribution in [1.29, 1.82) is 0 Å². The Morgan fingerprint density at radius 3 is 2.68 bits per heavy atom. The standard InChI is InChI=1S/C20H28N4O4/c1-22-7-3-8-23(11-10-22)19(25)16-4-2-9-24(16)20(26)21-15-5-6-17-18(14-15)28-13-12-27-17/h5-6,14,16H,2-4,7-13H2,1H3,(H,21,26)/t16-/m0/s1. The molecule has 0 unspecified atom stereocenters. The summed E-state index contributed by atoms with van der Waals surface area (Å²) >= 11 is 0. The van der Waals surface area contributed by atoms with Crippen LogP contribution in [0.2, 0.25) is 0 Å². The smallest absolute Gasteiger partial charge is 0.322 e. The normalized spacial score (nSPS) is 22.7. The molecule has 0 aromatic heterocycles. The van der Waals surface area contributed by atoms with Crippen LogP contribution in [-0.2, 0) is 4.79 Å². The fraction of sp³-hybridized carbons (Fsp3) is 0.600. The van der Waals surface area contributed by atoms with E-state index in [9.17, 15) is 9.59 Å². The van der Waals surface area contributed by atoms with E-state index in [0.29, 0.717) is 36.9 Å². The van der Waals surface area contributed by atoms with E-state index in [1.165, 1.54) is 0 Å². The lowest BCUT2D eigenvalue weighted by Gasteiger charge is -2.29. The molecule has 3 aliphatic rings. The van der Waals surface area contributed by atoms with E-state index in [0.717, 1.165) is 45.4 Å². The van der Waals surface area contributed by atoms with Crippen molar-refractivity contribution in [1.82, 2.24) is 14.7 Å². The lowest BCUT2D eigenvalue weighted by molar-refractivity contribution is -0.134. The molecule has 3 amide bonds. The SMILES string of the molecule is CN1CCCN(C(=O)[C@@H]2CCCN2C(=O)Nc2ccc3c(c2)OCCO3)CC1. The minimum atomic E-state index is -0.374. The number of nitrogens with one attached hydrogen (secondary N) is 1. The minimum Gasteiger partial charge on any atom is -0.486 e. The molecule has 0 spiro atoms. The molecule has 8 nitrogen and oxygen atoms in total. The van der Waals surface area contributed by atoms with Gasteiger partial charge in [-0.3, -0.25) is 4.79 Å². The van der Waals surface area contributed by atoms with Gasteiger partial charge in [0.15, 0.2) is 11.5 Å². The lowest BCUT2D eigenvalue weighted by atomic mass is 10.2. The molecule has 1 aromatic carbocycles. The number of fused-ring (bicyclic) bond motifs is 1. The number of nitrogens with zero attached hydrogens (tertiary/aromatic N) is 3. The number of likely N-dealkylation sites (N-methyl/N-ethyl adjacent to an activating group) is 1. The van der Waals surface area contributed by atoms with Crippen molar-refractivity contribution in [3.05, 3.63) is 18.2 Å². The van der Waals surface area contributed by atoms with E-state index in [1.807, 2.05) is 4.90 Å². The molecular formula is C20H28N4O4. The largest absolute Gasteiger partial charge is 0.486 e. The van der Waals surface area contributed by atoms with E-state index in [-0.39, 0.29) is 18.0 Å². The van der Waals surface area contributed by atoms with Gasteiger partial charge in [0, 0.05) is 37.9 Å². The Bertz CT molecular complexity index is 741. The van der Waals surface area contributed by atoms with Crippen LogP contribution in [0.1, 0.15) is 19.3 Å². The third-order valence-electron chi connectivity index (χ3n) is 5.62. The fourth-order valence-electron chi connectivity index (χ4n) is 4.06. The summed E-state index contributed by atoms with van der Waals surface area (Å²) in [7, 11) is 2.08.